The number of rotatable bonds is 5. The molecule has 0 saturated carbocycles. The molecule has 0 radical (unpaired) electrons. The summed E-state index contributed by atoms with van der Waals surface area (Å²) in [6.07, 6.45) is 0.745. The summed E-state index contributed by atoms with van der Waals surface area (Å²) >= 11 is 0. The van der Waals surface area contributed by atoms with Crippen molar-refractivity contribution < 1.29 is 4.79 Å². The van der Waals surface area contributed by atoms with Crippen molar-refractivity contribution >= 4 is 5.91 Å². The highest BCUT2D eigenvalue weighted by Crippen LogP contribution is 2.18. The second-order valence-corrected chi connectivity index (χ2v) is 5.82. The van der Waals surface area contributed by atoms with E-state index in [-0.39, 0.29) is 5.91 Å². The third-order valence-corrected chi connectivity index (χ3v) is 4.41. The zero-order valence-corrected chi connectivity index (χ0v) is 12.4. The Morgan fingerprint density at radius 3 is 2.61 bits per heavy atom. The second kappa shape index (κ2) is 5.99. The van der Waals surface area contributed by atoms with Crippen molar-refractivity contribution in [3.8, 4) is 0 Å². The zero-order chi connectivity index (χ0) is 13.9. The highest BCUT2D eigenvalue weighted by atomic mass is 16.1. The Labute approximate surface area is 111 Å². The summed E-state index contributed by atoms with van der Waals surface area (Å²) in [5.41, 5.74) is 4.86. The minimum atomic E-state index is -0.619. The topological polar surface area (TPSA) is 61.6 Å². The second-order valence-electron chi connectivity index (χ2n) is 5.82. The fourth-order valence-corrected chi connectivity index (χ4v) is 2.52. The lowest BCUT2D eigenvalue weighted by Crippen LogP contribution is -2.58. The van der Waals surface area contributed by atoms with Crippen LogP contribution in [0.2, 0.25) is 0 Å². The van der Waals surface area contributed by atoms with Crippen LogP contribution in [0.3, 0.4) is 0 Å². The minimum Gasteiger partial charge on any atom is -0.368 e. The number of amides is 1. The molecule has 1 aliphatic rings. The van der Waals surface area contributed by atoms with Crippen LogP contribution in [0.25, 0.3) is 0 Å². The molecule has 1 saturated heterocycles. The molecule has 3 N–H and O–H groups in total. The Balaban J connectivity index is 2.60. The third-order valence-electron chi connectivity index (χ3n) is 4.41. The first-order valence-electron chi connectivity index (χ1n) is 6.73. The summed E-state index contributed by atoms with van der Waals surface area (Å²) in [5, 5.41) is 3.06. The molecule has 1 heterocycles. The molecular weight excluding hydrogens is 228 g/mol. The van der Waals surface area contributed by atoms with Crippen LogP contribution < -0.4 is 11.1 Å². The van der Waals surface area contributed by atoms with Crippen LogP contribution in [-0.2, 0) is 4.79 Å². The van der Waals surface area contributed by atoms with E-state index in [0.717, 1.165) is 26.1 Å². The first-order valence-corrected chi connectivity index (χ1v) is 6.73. The molecule has 5 nitrogen and oxygen atoms in total. The molecule has 18 heavy (non-hydrogen) atoms. The van der Waals surface area contributed by atoms with Gasteiger partial charge in [-0.05, 0) is 41.3 Å². The number of hydrogen-bond acceptors (Lipinski definition) is 4. The van der Waals surface area contributed by atoms with Crippen LogP contribution in [-0.4, -0.2) is 67.1 Å². The molecule has 0 aromatic rings. The number of primary amides is 1. The van der Waals surface area contributed by atoms with Gasteiger partial charge in [0.25, 0.3) is 0 Å². The van der Waals surface area contributed by atoms with E-state index in [1.165, 1.54) is 0 Å². The van der Waals surface area contributed by atoms with Crippen molar-refractivity contribution in [3.63, 3.8) is 0 Å². The van der Waals surface area contributed by atoms with E-state index in [9.17, 15) is 4.79 Å². The Bertz CT molecular complexity index is 297. The molecule has 0 aromatic carbocycles. The lowest BCUT2D eigenvalue weighted by molar-refractivity contribution is -0.124. The molecule has 0 aliphatic carbocycles. The molecule has 3 atom stereocenters. The maximum Gasteiger partial charge on any atom is 0.237 e. The maximum atomic E-state index is 11.5. The molecule has 1 fully saturated rings. The fourth-order valence-electron chi connectivity index (χ4n) is 2.52. The number of carbonyl (C=O) groups is 1. The van der Waals surface area contributed by atoms with Gasteiger partial charge in [-0.25, -0.2) is 0 Å². The predicted octanol–water partition coefficient (Wildman–Crippen LogP) is -0.136. The first-order chi connectivity index (χ1) is 8.30. The normalized spacial score (nSPS) is 27.7. The Morgan fingerprint density at radius 2 is 2.17 bits per heavy atom. The Kier molecular flexibility index (Phi) is 5.13. The van der Waals surface area contributed by atoms with Crippen LogP contribution in [0.5, 0.6) is 0 Å². The highest BCUT2D eigenvalue weighted by Gasteiger charge is 2.34. The average Bonchev–Trinajstić information content (AvgIpc) is 2.32. The zero-order valence-electron chi connectivity index (χ0n) is 12.4. The molecule has 0 aromatic heterocycles. The van der Waals surface area contributed by atoms with E-state index in [0.29, 0.717) is 12.1 Å². The van der Waals surface area contributed by atoms with Crippen LogP contribution >= 0.6 is 0 Å². The molecule has 1 rings (SSSR count). The van der Waals surface area contributed by atoms with Gasteiger partial charge in [0.15, 0.2) is 0 Å². The molecular formula is C13H28N4O. The van der Waals surface area contributed by atoms with E-state index in [1.807, 2.05) is 6.92 Å². The summed E-state index contributed by atoms with van der Waals surface area (Å²) in [6, 6.07) is 0.918. The summed E-state index contributed by atoms with van der Waals surface area (Å²) in [7, 11) is 3.96. The summed E-state index contributed by atoms with van der Waals surface area (Å²) in [5.74, 6) is -0.279. The smallest absolute Gasteiger partial charge is 0.237 e. The quantitative estimate of drug-likeness (QED) is 0.719. The van der Waals surface area contributed by atoms with Crippen molar-refractivity contribution in [1.29, 1.82) is 0 Å². The maximum absolute atomic E-state index is 11.5. The fraction of sp³-hybridized carbons (Fsp3) is 0.923. The van der Waals surface area contributed by atoms with Gasteiger partial charge in [0, 0.05) is 31.7 Å². The average molecular weight is 256 g/mol. The molecule has 5 heteroatoms. The van der Waals surface area contributed by atoms with E-state index in [4.69, 9.17) is 5.73 Å². The first kappa shape index (κ1) is 15.4. The van der Waals surface area contributed by atoms with Crippen molar-refractivity contribution in [1.82, 2.24) is 15.1 Å². The molecule has 0 spiro atoms. The molecule has 0 bridgehead atoms. The van der Waals surface area contributed by atoms with E-state index in [2.05, 4.69) is 36.0 Å². The van der Waals surface area contributed by atoms with Gasteiger partial charge >= 0.3 is 0 Å². The monoisotopic (exact) mass is 256 g/mol. The summed E-state index contributed by atoms with van der Waals surface area (Å²) in [6.45, 7) is 9.49. The van der Waals surface area contributed by atoms with Crippen LogP contribution in [0.1, 0.15) is 27.2 Å². The van der Waals surface area contributed by atoms with Gasteiger partial charge in [0.05, 0.1) is 5.54 Å². The van der Waals surface area contributed by atoms with Crippen LogP contribution in [0.4, 0.5) is 0 Å². The van der Waals surface area contributed by atoms with Crippen LogP contribution in [0, 0.1) is 0 Å². The Hall–Kier alpha value is -0.650. The van der Waals surface area contributed by atoms with Gasteiger partial charge in [-0.2, -0.15) is 0 Å². The largest absolute Gasteiger partial charge is 0.368 e. The van der Waals surface area contributed by atoms with Crippen molar-refractivity contribution in [3.05, 3.63) is 0 Å². The van der Waals surface area contributed by atoms with Crippen LogP contribution in [0.15, 0.2) is 0 Å². The number of nitrogens with two attached hydrogens (primary N) is 1. The lowest BCUT2D eigenvalue weighted by atomic mass is 9.92. The number of hydrogen-bond donors (Lipinski definition) is 2. The lowest BCUT2D eigenvalue weighted by Gasteiger charge is -2.42. The SMILES string of the molecule is CNC(C)(CC(C)N1CCN(C)C(C)C1)C(N)=O. The van der Waals surface area contributed by atoms with Crippen molar-refractivity contribution in [2.24, 2.45) is 5.73 Å². The number of nitrogens with zero attached hydrogens (tertiary/aromatic N) is 2. The van der Waals surface area contributed by atoms with Gasteiger partial charge in [0.2, 0.25) is 5.91 Å². The number of carbonyl (C=O) groups excluding carboxylic acids is 1. The van der Waals surface area contributed by atoms with Gasteiger partial charge in [-0.1, -0.05) is 0 Å². The van der Waals surface area contributed by atoms with Gasteiger partial charge in [-0.15, -0.1) is 0 Å². The van der Waals surface area contributed by atoms with Gasteiger partial charge in [0.1, 0.15) is 0 Å². The number of likely N-dealkylation sites (N-methyl/N-ethyl adjacent to an activating group) is 2. The van der Waals surface area contributed by atoms with E-state index >= 15 is 0 Å². The molecule has 1 amide bonds. The van der Waals surface area contributed by atoms with Gasteiger partial charge < -0.3 is 16.0 Å². The van der Waals surface area contributed by atoms with E-state index in [1.54, 1.807) is 7.05 Å². The highest BCUT2D eigenvalue weighted by molar-refractivity contribution is 5.84. The molecule has 1 aliphatic heterocycles. The third kappa shape index (κ3) is 3.43. The molecule has 3 unspecified atom stereocenters. The standard InChI is InChI=1S/C13H28N4O/c1-10(8-13(3,15-4)12(14)18)17-7-6-16(5)11(2)9-17/h10-11,15H,6-9H2,1-5H3,(H2,14,18). The summed E-state index contributed by atoms with van der Waals surface area (Å²) < 4.78 is 0. The number of piperazine rings is 1. The number of nitrogens with one attached hydrogen (secondary N) is 1. The summed E-state index contributed by atoms with van der Waals surface area (Å²) in [4.78, 5) is 16.3. The minimum absolute atomic E-state index is 0.279. The van der Waals surface area contributed by atoms with Crippen molar-refractivity contribution in [2.45, 2.75) is 44.8 Å². The van der Waals surface area contributed by atoms with E-state index < -0.39 is 5.54 Å². The molecule has 106 valence electrons. The van der Waals surface area contributed by atoms with Gasteiger partial charge in [-0.3, -0.25) is 9.69 Å². The predicted molar refractivity (Wildman–Crippen MR) is 74.4 cm³/mol. The van der Waals surface area contributed by atoms with Crippen molar-refractivity contribution in [2.75, 3.05) is 33.7 Å². The Morgan fingerprint density at radius 1 is 1.56 bits per heavy atom.